The topological polar surface area (TPSA) is 67.6 Å². The van der Waals surface area contributed by atoms with Crippen LogP contribution in [0.5, 0.6) is 5.75 Å². The van der Waals surface area contributed by atoms with E-state index in [2.05, 4.69) is 10.2 Å². The molecule has 3 N–H and O–H groups in total. The number of amides is 1. The fourth-order valence-corrected chi connectivity index (χ4v) is 3.90. The van der Waals surface area contributed by atoms with Gasteiger partial charge in [-0.15, -0.1) is 0 Å². The third kappa shape index (κ3) is 3.33. The summed E-state index contributed by atoms with van der Waals surface area (Å²) in [4.78, 5) is 15.2. The molecule has 1 aromatic rings. The number of carbonyl (C=O) groups excluding carboxylic acids is 1. The molecule has 1 aliphatic carbocycles. The van der Waals surface area contributed by atoms with Gasteiger partial charge >= 0.3 is 0 Å². The van der Waals surface area contributed by atoms with Crippen LogP contribution in [0.2, 0.25) is 5.02 Å². The minimum absolute atomic E-state index is 0.110. The van der Waals surface area contributed by atoms with E-state index < -0.39 is 0 Å². The van der Waals surface area contributed by atoms with E-state index in [0.29, 0.717) is 40.5 Å². The molecule has 130 valence electrons. The Bertz CT molecular complexity index is 639. The van der Waals surface area contributed by atoms with Gasteiger partial charge in [-0.2, -0.15) is 0 Å². The molecule has 1 atom stereocenters. The Morgan fingerprint density at radius 3 is 2.67 bits per heavy atom. The predicted molar refractivity (Wildman–Crippen MR) is 94.5 cm³/mol. The summed E-state index contributed by atoms with van der Waals surface area (Å²) in [5.41, 5.74) is 6.83. The van der Waals surface area contributed by atoms with Crippen molar-refractivity contribution in [3.05, 3.63) is 22.7 Å². The van der Waals surface area contributed by atoms with Crippen molar-refractivity contribution in [2.45, 2.75) is 31.7 Å². The standard InChI is InChI=1S/C18H24ClN3O2/c19-14-7-13(17(8-15(14)20)24-10-11-1-2-11)18(23)21-16-9-22-5-3-12(16)4-6-22/h7-8,11-12,16H,1-6,9-10,20H2,(H,21,23)/t16-/m1/s1. The molecule has 24 heavy (non-hydrogen) atoms. The number of rotatable bonds is 5. The molecule has 1 aromatic carbocycles. The number of nitrogens with two attached hydrogens (primary N) is 1. The van der Waals surface area contributed by atoms with Gasteiger partial charge in [0.05, 0.1) is 22.9 Å². The maximum Gasteiger partial charge on any atom is 0.255 e. The molecule has 2 bridgehead atoms. The van der Waals surface area contributed by atoms with Crippen LogP contribution in [0.25, 0.3) is 0 Å². The molecule has 0 aromatic heterocycles. The summed E-state index contributed by atoms with van der Waals surface area (Å²) in [6.07, 6.45) is 4.73. The first-order valence-electron chi connectivity index (χ1n) is 8.85. The smallest absolute Gasteiger partial charge is 0.255 e. The van der Waals surface area contributed by atoms with E-state index in [-0.39, 0.29) is 11.9 Å². The summed E-state index contributed by atoms with van der Waals surface area (Å²) in [5.74, 6) is 1.63. The molecule has 6 heteroatoms. The Balaban J connectivity index is 1.50. The van der Waals surface area contributed by atoms with Gasteiger partial charge in [-0.3, -0.25) is 4.79 Å². The molecule has 0 unspecified atom stereocenters. The van der Waals surface area contributed by atoms with Crippen molar-refractivity contribution < 1.29 is 9.53 Å². The molecule has 0 spiro atoms. The van der Waals surface area contributed by atoms with Crippen LogP contribution in [0.3, 0.4) is 0 Å². The van der Waals surface area contributed by atoms with E-state index in [1.54, 1.807) is 12.1 Å². The molecule has 5 nitrogen and oxygen atoms in total. The molecular formula is C18H24ClN3O2. The summed E-state index contributed by atoms with van der Waals surface area (Å²) in [6, 6.07) is 3.53. The van der Waals surface area contributed by atoms with Gasteiger partial charge in [0.25, 0.3) is 5.91 Å². The molecule has 3 aliphatic heterocycles. The number of hydrogen-bond donors (Lipinski definition) is 2. The molecule has 3 heterocycles. The summed E-state index contributed by atoms with van der Waals surface area (Å²) >= 11 is 6.14. The number of ether oxygens (including phenoxy) is 1. The second-order valence-electron chi connectivity index (χ2n) is 7.34. The third-order valence-corrected chi connectivity index (χ3v) is 5.81. The van der Waals surface area contributed by atoms with Gasteiger partial charge in [0.1, 0.15) is 5.75 Å². The first-order chi connectivity index (χ1) is 11.6. The number of carbonyl (C=O) groups is 1. The minimum Gasteiger partial charge on any atom is -0.492 e. The van der Waals surface area contributed by atoms with Crippen molar-refractivity contribution in [3.63, 3.8) is 0 Å². The maximum absolute atomic E-state index is 12.8. The summed E-state index contributed by atoms with van der Waals surface area (Å²) < 4.78 is 5.86. The number of nitrogen functional groups attached to an aromatic ring is 1. The second-order valence-corrected chi connectivity index (χ2v) is 7.75. The highest BCUT2D eigenvalue weighted by molar-refractivity contribution is 6.33. The molecule has 4 aliphatic rings. The van der Waals surface area contributed by atoms with E-state index in [9.17, 15) is 4.79 Å². The van der Waals surface area contributed by atoms with Crippen LogP contribution < -0.4 is 15.8 Å². The van der Waals surface area contributed by atoms with Gasteiger partial charge < -0.3 is 20.7 Å². The quantitative estimate of drug-likeness (QED) is 0.802. The molecule has 5 rings (SSSR count). The zero-order valence-corrected chi connectivity index (χ0v) is 14.5. The Morgan fingerprint density at radius 2 is 2.04 bits per heavy atom. The molecule has 1 saturated carbocycles. The second kappa shape index (κ2) is 6.45. The first kappa shape index (κ1) is 16.0. The number of fused-ring (bicyclic) bond motifs is 3. The Hall–Kier alpha value is -1.46. The van der Waals surface area contributed by atoms with Gasteiger partial charge in [0, 0.05) is 18.7 Å². The average molecular weight is 350 g/mol. The SMILES string of the molecule is Nc1cc(OCC2CC2)c(C(=O)N[C@@H]2CN3CCC2CC3)cc1Cl. The number of hydrogen-bond acceptors (Lipinski definition) is 4. The zero-order valence-electron chi connectivity index (χ0n) is 13.8. The summed E-state index contributed by atoms with van der Waals surface area (Å²) in [7, 11) is 0. The summed E-state index contributed by atoms with van der Waals surface area (Å²) in [6.45, 7) is 3.89. The molecule has 3 saturated heterocycles. The highest BCUT2D eigenvalue weighted by Crippen LogP contribution is 2.34. The van der Waals surface area contributed by atoms with Gasteiger partial charge in [0.15, 0.2) is 0 Å². The lowest BCUT2D eigenvalue weighted by Gasteiger charge is -2.44. The van der Waals surface area contributed by atoms with Crippen LogP contribution in [0.15, 0.2) is 12.1 Å². The Kier molecular flexibility index (Phi) is 4.31. The maximum atomic E-state index is 12.8. The van der Waals surface area contributed by atoms with E-state index in [0.717, 1.165) is 19.6 Å². The molecular weight excluding hydrogens is 326 g/mol. The van der Waals surface area contributed by atoms with Crippen molar-refractivity contribution in [1.29, 1.82) is 0 Å². The largest absolute Gasteiger partial charge is 0.492 e. The first-order valence-corrected chi connectivity index (χ1v) is 9.23. The Labute approximate surface area is 147 Å². The number of halogens is 1. The van der Waals surface area contributed by atoms with Crippen molar-refractivity contribution in [1.82, 2.24) is 10.2 Å². The van der Waals surface area contributed by atoms with E-state index >= 15 is 0 Å². The van der Waals surface area contributed by atoms with Crippen LogP contribution in [0.4, 0.5) is 5.69 Å². The van der Waals surface area contributed by atoms with Gasteiger partial charge in [0.2, 0.25) is 0 Å². The van der Waals surface area contributed by atoms with Crippen molar-refractivity contribution in [3.8, 4) is 5.75 Å². The predicted octanol–water partition coefficient (Wildman–Crippen LogP) is 2.54. The Morgan fingerprint density at radius 1 is 1.29 bits per heavy atom. The zero-order chi connectivity index (χ0) is 16.7. The van der Waals surface area contributed by atoms with Crippen LogP contribution in [-0.2, 0) is 0 Å². The lowest BCUT2D eigenvalue weighted by atomic mass is 9.84. The molecule has 0 radical (unpaired) electrons. The van der Waals surface area contributed by atoms with Crippen LogP contribution in [0, 0.1) is 11.8 Å². The van der Waals surface area contributed by atoms with Crippen LogP contribution in [0.1, 0.15) is 36.0 Å². The van der Waals surface area contributed by atoms with Crippen LogP contribution in [-0.4, -0.2) is 43.1 Å². The number of nitrogens with one attached hydrogen (secondary N) is 1. The number of benzene rings is 1. The highest BCUT2D eigenvalue weighted by atomic mass is 35.5. The monoisotopic (exact) mass is 349 g/mol. The van der Waals surface area contributed by atoms with E-state index in [4.69, 9.17) is 22.1 Å². The van der Waals surface area contributed by atoms with Crippen LogP contribution >= 0.6 is 11.6 Å². The lowest BCUT2D eigenvalue weighted by Crippen LogP contribution is -2.57. The fraction of sp³-hybridized carbons (Fsp3) is 0.611. The highest BCUT2D eigenvalue weighted by Gasteiger charge is 2.35. The normalized spacial score (nSPS) is 28.6. The minimum atomic E-state index is -0.110. The fourth-order valence-electron chi connectivity index (χ4n) is 3.73. The van der Waals surface area contributed by atoms with Crippen molar-refractivity contribution in [2.75, 3.05) is 32.0 Å². The van der Waals surface area contributed by atoms with Crippen molar-refractivity contribution in [2.24, 2.45) is 11.8 Å². The molecule has 4 fully saturated rings. The van der Waals surface area contributed by atoms with Gasteiger partial charge in [-0.05, 0) is 56.7 Å². The van der Waals surface area contributed by atoms with E-state index in [1.807, 2.05) is 0 Å². The average Bonchev–Trinajstić information content (AvgIpc) is 3.41. The third-order valence-electron chi connectivity index (χ3n) is 5.49. The van der Waals surface area contributed by atoms with E-state index in [1.165, 1.54) is 25.7 Å². The molecule has 1 amide bonds. The summed E-state index contributed by atoms with van der Waals surface area (Å²) in [5, 5.41) is 3.59. The number of nitrogens with zero attached hydrogens (tertiary/aromatic N) is 1. The lowest BCUT2D eigenvalue weighted by molar-refractivity contribution is 0.0618. The van der Waals surface area contributed by atoms with Crippen molar-refractivity contribution >= 4 is 23.2 Å². The van der Waals surface area contributed by atoms with Gasteiger partial charge in [-0.25, -0.2) is 0 Å². The van der Waals surface area contributed by atoms with Gasteiger partial charge in [-0.1, -0.05) is 11.6 Å². The number of piperidine rings is 3. The number of anilines is 1.